The number of rotatable bonds is 14. The summed E-state index contributed by atoms with van der Waals surface area (Å²) in [4.78, 5) is 24.8. The molecule has 1 radical (unpaired) electrons. The van der Waals surface area contributed by atoms with Crippen molar-refractivity contribution >= 4 is 29.8 Å². The van der Waals surface area contributed by atoms with Crippen molar-refractivity contribution in [1.29, 1.82) is 0 Å². The van der Waals surface area contributed by atoms with Crippen LogP contribution in [0.15, 0.2) is 42.3 Å². The summed E-state index contributed by atoms with van der Waals surface area (Å²) < 4.78 is 42.4. The maximum absolute atomic E-state index is 13.8. The first kappa shape index (κ1) is 35.3. The average molecular weight is 656 g/mol. The molecule has 2 N–H and O–H groups in total. The van der Waals surface area contributed by atoms with E-state index in [9.17, 15) is 18.2 Å². The second kappa shape index (κ2) is 15.7. The fourth-order valence-electron chi connectivity index (χ4n) is 4.54. The van der Waals surface area contributed by atoms with Crippen molar-refractivity contribution in [3.63, 3.8) is 0 Å². The van der Waals surface area contributed by atoms with E-state index < -0.39 is 24.7 Å². The molecule has 1 fully saturated rings. The Morgan fingerprint density at radius 3 is 2.68 bits per heavy atom. The first-order chi connectivity index (χ1) is 20.7. The van der Waals surface area contributed by atoms with Crippen LogP contribution in [-0.2, 0) is 53.5 Å². The van der Waals surface area contributed by atoms with Crippen LogP contribution in [0.2, 0.25) is 0 Å². The van der Waals surface area contributed by atoms with Crippen molar-refractivity contribution in [2.75, 3.05) is 13.2 Å². The molecule has 10 nitrogen and oxygen atoms in total. The van der Waals surface area contributed by atoms with Crippen LogP contribution in [0.25, 0.3) is 6.08 Å². The van der Waals surface area contributed by atoms with Gasteiger partial charge in [0.05, 0.1) is 12.3 Å². The van der Waals surface area contributed by atoms with E-state index >= 15 is 0 Å². The number of nitrogens with zero attached hydrogens (tertiary/aromatic N) is 4. The Balaban J connectivity index is 1.42. The topological polar surface area (TPSA) is 112 Å². The molecule has 1 aliphatic heterocycles. The van der Waals surface area contributed by atoms with Gasteiger partial charge < -0.3 is 20.1 Å². The van der Waals surface area contributed by atoms with E-state index in [0.717, 1.165) is 14.5 Å². The minimum atomic E-state index is -2.67. The number of halogens is 2. The molecule has 243 valence electrons. The van der Waals surface area contributed by atoms with Gasteiger partial charge in [0.25, 0.3) is 5.91 Å². The van der Waals surface area contributed by atoms with Crippen LogP contribution in [0.5, 0.6) is 0 Å². The summed E-state index contributed by atoms with van der Waals surface area (Å²) in [6, 6.07) is 3.35. The summed E-state index contributed by atoms with van der Waals surface area (Å²) in [6.45, 7) is 12.1. The normalized spacial score (nSPS) is 18.3. The monoisotopic (exact) mass is 655 g/mol. The molecule has 0 unspecified atom stereocenters. The van der Waals surface area contributed by atoms with E-state index in [2.05, 4.69) is 27.0 Å². The zero-order valence-corrected chi connectivity index (χ0v) is 26.9. The van der Waals surface area contributed by atoms with Gasteiger partial charge in [-0.2, -0.15) is 0 Å². The third-order valence-electron chi connectivity index (χ3n) is 6.77. The maximum atomic E-state index is 13.8. The van der Waals surface area contributed by atoms with E-state index in [1.165, 1.54) is 12.3 Å². The number of amides is 2. The molecule has 1 saturated heterocycles. The van der Waals surface area contributed by atoms with Gasteiger partial charge in [-0.3, -0.25) is 9.59 Å². The summed E-state index contributed by atoms with van der Waals surface area (Å²) in [6.07, 6.45) is 11.3. The van der Waals surface area contributed by atoms with E-state index in [4.69, 9.17) is 24.5 Å². The van der Waals surface area contributed by atoms with Gasteiger partial charge in [-0.15, -0.1) is 5.10 Å². The zero-order valence-electron chi connectivity index (χ0n) is 25.9. The standard InChI is InChI=1S/C30H40BF2N6O4.Ni/c1-7-9-22(2)11-12-25-14-13-24(39(25)31(32)33)10-8-19-38-20-23(36-37-38)15-17-34-26(40)16-18-35-28(41)27-29(3,4)21-42-30(5,6)43-27;/h9,12-14,16,18,20,27H,8,10,15,17,19,21H2,1-6H3,(H,34,40)(H,35,41);/q-2;/b18-16+,22-9-;/t27-;/m1./s1. The predicted molar refractivity (Wildman–Crippen MR) is 161 cm³/mol. The van der Waals surface area contributed by atoms with Gasteiger partial charge in [-0.25, -0.2) is 0 Å². The summed E-state index contributed by atoms with van der Waals surface area (Å²) >= 11 is 4.73. The number of carbonyl (C=O) groups excluding carboxylic acids is 2. The molecule has 14 heteroatoms. The Labute approximate surface area is 265 Å². The molecule has 0 saturated carbocycles. The van der Waals surface area contributed by atoms with Gasteiger partial charge in [0.1, 0.15) is 6.10 Å². The Bertz CT molecular complexity index is 1420. The minimum absolute atomic E-state index is 0.314. The molecule has 3 rings (SSSR count). The third kappa shape index (κ3) is 10.7. The molecule has 1 atom stereocenters. The Morgan fingerprint density at radius 2 is 1.98 bits per heavy atom. The third-order valence-corrected chi connectivity index (χ3v) is 6.91. The fraction of sp³-hybridized carbons (Fsp3) is 0.500. The van der Waals surface area contributed by atoms with Gasteiger partial charge >= 0.3 is 125 Å². The summed E-state index contributed by atoms with van der Waals surface area (Å²) in [5.41, 5.74) is 1.82. The number of hydrogen-bond acceptors (Lipinski definition) is 6. The number of ether oxygens (including phenoxy) is 2. The van der Waals surface area contributed by atoms with Crippen LogP contribution in [-0.4, -0.2) is 68.2 Å². The molecular formula is C30H40BF2N6NiO4-2. The van der Waals surface area contributed by atoms with Crippen molar-refractivity contribution < 1.29 is 42.7 Å². The molecule has 2 amide bonds. The second-order valence-electron chi connectivity index (χ2n) is 11.7. The van der Waals surface area contributed by atoms with Crippen molar-refractivity contribution in [3.8, 4) is 0 Å². The quantitative estimate of drug-likeness (QED) is 0.140. The Kier molecular flexibility index (Phi) is 12.6. The number of carbonyl (C=O) groups is 2. The molecule has 44 heavy (non-hydrogen) atoms. The van der Waals surface area contributed by atoms with Gasteiger partial charge in [0.2, 0.25) is 5.91 Å². The number of aromatic nitrogens is 4. The molecule has 2 aromatic rings. The number of aryl methyl sites for hydroxylation is 2. The second-order valence-corrected chi connectivity index (χ2v) is 12.5. The molecule has 2 aromatic heterocycles. The molecule has 0 spiro atoms. The van der Waals surface area contributed by atoms with Gasteiger partial charge in [-0.1, -0.05) is 19.1 Å². The molecular weight excluding hydrogens is 616 g/mol. The average Bonchev–Trinajstić information content (AvgIpc) is 3.55. The zero-order chi connectivity index (χ0) is 32.5. The molecule has 0 aliphatic carbocycles. The fourth-order valence-corrected chi connectivity index (χ4v) is 4.75. The first-order valence-corrected chi connectivity index (χ1v) is 14.8. The SMILES string of the molecule is C[C](=[Ni])/C=C(/C)[C-]=Cc1ccc(CCCn2cc(CCNC(=O)/C=C/NC(=O)[C@H]3OC(C)(C)OCC3(C)C)nn2)n1[B-](F)F. The van der Waals surface area contributed by atoms with E-state index in [0.29, 0.717) is 56.0 Å². The molecule has 0 bridgehead atoms. The summed E-state index contributed by atoms with van der Waals surface area (Å²) in [7, 11) is -2.67. The van der Waals surface area contributed by atoms with Crippen LogP contribution in [0.4, 0.5) is 8.63 Å². The van der Waals surface area contributed by atoms with Crippen LogP contribution < -0.4 is 10.6 Å². The number of allylic oxidation sites excluding steroid dienone is 3. The van der Waals surface area contributed by atoms with Gasteiger partial charge in [0.15, 0.2) is 5.79 Å². The Morgan fingerprint density at radius 1 is 1.23 bits per heavy atom. The van der Waals surface area contributed by atoms with Crippen molar-refractivity contribution in [2.45, 2.75) is 79.2 Å². The first-order valence-electron chi connectivity index (χ1n) is 14.3. The molecule has 1 aliphatic rings. The molecule has 0 aromatic carbocycles. The van der Waals surface area contributed by atoms with Crippen molar-refractivity contribution in [3.05, 3.63) is 65.4 Å². The van der Waals surface area contributed by atoms with Gasteiger partial charge in [0, 0.05) is 36.9 Å². The number of nitrogens with one attached hydrogen (secondary N) is 2. The number of hydrogen-bond donors (Lipinski definition) is 2. The molecule has 3 heterocycles. The van der Waals surface area contributed by atoms with E-state index in [1.807, 2.05) is 20.8 Å². The summed E-state index contributed by atoms with van der Waals surface area (Å²) in [5, 5.41) is 13.6. The van der Waals surface area contributed by atoms with Gasteiger partial charge in [-0.05, 0) is 13.8 Å². The van der Waals surface area contributed by atoms with E-state index in [1.54, 1.807) is 55.9 Å². The van der Waals surface area contributed by atoms with Crippen LogP contribution in [0, 0.1) is 11.5 Å². The predicted octanol–water partition coefficient (Wildman–Crippen LogP) is 3.45. The Hall–Kier alpha value is -3.21. The van der Waals surface area contributed by atoms with E-state index in [-0.39, 0.29) is 11.8 Å². The van der Waals surface area contributed by atoms with Crippen LogP contribution in [0.1, 0.15) is 65.0 Å². The van der Waals surface area contributed by atoms with Crippen LogP contribution >= 0.6 is 0 Å². The van der Waals surface area contributed by atoms with Crippen molar-refractivity contribution in [2.24, 2.45) is 5.41 Å². The van der Waals surface area contributed by atoms with Crippen molar-refractivity contribution in [1.82, 2.24) is 30.1 Å². The summed E-state index contributed by atoms with van der Waals surface area (Å²) in [5.74, 6) is -1.60. The van der Waals surface area contributed by atoms with Crippen LogP contribution in [0.3, 0.4) is 0 Å².